The minimum absolute atomic E-state index is 0.0682. The summed E-state index contributed by atoms with van der Waals surface area (Å²) in [6.07, 6.45) is -3.60. The lowest BCUT2D eigenvalue weighted by Gasteiger charge is -2.21. The Kier molecular flexibility index (Phi) is 5.36. The fraction of sp³-hybridized carbons (Fsp3) is 0.188. The van der Waals surface area contributed by atoms with Crippen molar-refractivity contribution < 1.29 is 26.4 Å². The van der Waals surface area contributed by atoms with Gasteiger partial charge in [0.25, 0.3) is 0 Å². The summed E-state index contributed by atoms with van der Waals surface area (Å²) in [6, 6.07) is 12.0. The van der Waals surface area contributed by atoms with Gasteiger partial charge in [0.1, 0.15) is 6.54 Å². The van der Waals surface area contributed by atoms with E-state index in [9.17, 15) is 26.4 Å². The molecule has 2 aromatic carbocycles. The lowest BCUT2D eigenvalue weighted by atomic mass is 10.2. The Balaban J connectivity index is 2.18. The van der Waals surface area contributed by atoms with E-state index in [1.165, 1.54) is 18.2 Å². The lowest BCUT2D eigenvalue weighted by Crippen LogP contribution is -2.37. The van der Waals surface area contributed by atoms with Crippen LogP contribution in [0.2, 0.25) is 0 Å². The van der Waals surface area contributed by atoms with Gasteiger partial charge >= 0.3 is 6.18 Å². The number of sulfonamides is 1. The second kappa shape index (κ2) is 7.14. The van der Waals surface area contributed by atoms with Crippen LogP contribution in [0.4, 0.5) is 24.5 Å². The topological polar surface area (TPSA) is 66.5 Å². The van der Waals surface area contributed by atoms with Crippen molar-refractivity contribution in [2.75, 3.05) is 22.4 Å². The third kappa shape index (κ3) is 5.21. The predicted molar refractivity (Wildman–Crippen MR) is 88.7 cm³/mol. The van der Waals surface area contributed by atoms with E-state index in [4.69, 9.17) is 0 Å². The molecule has 0 saturated heterocycles. The number of alkyl halides is 3. The average Bonchev–Trinajstić information content (AvgIpc) is 2.52. The van der Waals surface area contributed by atoms with Crippen LogP contribution in [-0.4, -0.2) is 27.1 Å². The summed E-state index contributed by atoms with van der Waals surface area (Å²) in [7, 11) is -3.74. The second-order valence-corrected chi connectivity index (χ2v) is 7.14. The summed E-state index contributed by atoms with van der Waals surface area (Å²) in [4.78, 5) is 12.1. The molecule has 0 aliphatic rings. The first-order valence-corrected chi connectivity index (χ1v) is 8.92. The van der Waals surface area contributed by atoms with E-state index < -0.39 is 34.2 Å². The third-order valence-corrected chi connectivity index (χ3v) is 4.35. The van der Waals surface area contributed by atoms with Gasteiger partial charge in [0.2, 0.25) is 15.9 Å². The number of carbonyl (C=O) groups excluding carboxylic acids is 1. The SMILES string of the molecule is CS(=O)(=O)N(CC(=O)Nc1cccc(C(F)(F)F)c1)c1ccccc1. The number of carbonyl (C=O) groups is 1. The zero-order valence-corrected chi connectivity index (χ0v) is 13.9. The number of nitrogens with one attached hydrogen (secondary N) is 1. The van der Waals surface area contributed by atoms with E-state index in [2.05, 4.69) is 5.32 Å². The molecule has 0 aliphatic carbocycles. The predicted octanol–water partition coefficient (Wildman–Crippen LogP) is 3.11. The first-order valence-electron chi connectivity index (χ1n) is 7.07. The standard InChI is InChI=1S/C16H15F3N2O3S/c1-25(23,24)21(14-8-3-2-4-9-14)11-15(22)20-13-7-5-6-12(10-13)16(17,18)19/h2-10H,11H2,1H3,(H,20,22). The normalized spacial score (nSPS) is 11.8. The number of para-hydroxylation sites is 1. The van der Waals surface area contributed by atoms with Crippen molar-refractivity contribution in [3.8, 4) is 0 Å². The van der Waals surface area contributed by atoms with E-state index in [0.717, 1.165) is 28.8 Å². The van der Waals surface area contributed by atoms with Crippen molar-refractivity contribution in [1.82, 2.24) is 0 Å². The van der Waals surface area contributed by atoms with E-state index in [1.807, 2.05) is 0 Å². The quantitative estimate of drug-likeness (QED) is 0.877. The van der Waals surface area contributed by atoms with Gasteiger partial charge in [0.15, 0.2) is 0 Å². The summed E-state index contributed by atoms with van der Waals surface area (Å²) < 4.78 is 62.8. The zero-order valence-electron chi connectivity index (χ0n) is 13.1. The lowest BCUT2D eigenvalue weighted by molar-refractivity contribution is -0.137. The minimum atomic E-state index is -4.54. The van der Waals surface area contributed by atoms with Crippen LogP contribution in [0.5, 0.6) is 0 Å². The van der Waals surface area contributed by atoms with Crippen LogP contribution in [0.15, 0.2) is 54.6 Å². The van der Waals surface area contributed by atoms with Crippen LogP contribution in [0.1, 0.15) is 5.56 Å². The van der Waals surface area contributed by atoms with Crippen molar-refractivity contribution in [3.63, 3.8) is 0 Å². The Labute approximate surface area is 143 Å². The third-order valence-electron chi connectivity index (χ3n) is 3.21. The molecule has 0 aliphatic heterocycles. The largest absolute Gasteiger partial charge is 0.416 e. The van der Waals surface area contributed by atoms with Crippen LogP contribution < -0.4 is 9.62 Å². The van der Waals surface area contributed by atoms with Crippen LogP contribution in [0.3, 0.4) is 0 Å². The Hall–Kier alpha value is -2.55. The fourth-order valence-electron chi connectivity index (χ4n) is 2.10. The number of amides is 1. The molecule has 134 valence electrons. The first-order chi connectivity index (χ1) is 11.6. The minimum Gasteiger partial charge on any atom is -0.325 e. The maximum absolute atomic E-state index is 12.7. The Morgan fingerprint density at radius 2 is 1.72 bits per heavy atom. The summed E-state index contributed by atoms with van der Waals surface area (Å²) in [5.41, 5.74) is -0.696. The van der Waals surface area contributed by atoms with Gasteiger partial charge in [-0.1, -0.05) is 24.3 Å². The van der Waals surface area contributed by atoms with Crippen molar-refractivity contribution >= 4 is 27.3 Å². The van der Waals surface area contributed by atoms with E-state index in [0.29, 0.717) is 0 Å². The number of rotatable bonds is 5. The number of anilines is 2. The number of hydrogen-bond donors (Lipinski definition) is 1. The van der Waals surface area contributed by atoms with E-state index >= 15 is 0 Å². The maximum atomic E-state index is 12.7. The van der Waals surface area contributed by atoms with Crippen LogP contribution in [-0.2, 0) is 21.0 Å². The summed E-state index contributed by atoms with van der Waals surface area (Å²) >= 11 is 0. The molecule has 0 fully saturated rings. The molecule has 0 atom stereocenters. The highest BCUT2D eigenvalue weighted by atomic mass is 32.2. The fourth-order valence-corrected chi connectivity index (χ4v) is 2.95. The van der Waals surface area contributed by atoms with E-state index in [-0.39, 0.29) is 11.4 Å². The molecule has 25 heavy (non-hydrogen) atoms. The van der Waals surface area contributed by atoms with Gasteiger partial charge < -0.3 is 5.32 Å². The monoisotopic (exact) mass is 372 g/mol. The van der Waals surface area contributed by atoms with Crippen LogP contribution in [0, 0.1) is 0 Å². The van der Waals surface area contributed by atoms with Crippen molar-refractivity contribution in [1.29, 1.82) is 0 Å². The molecule has 1 amide bonds. The number of halogens is 3. The van der Waals surface area contributed by atoms with Crippen LogP contribution >= 0.6 is 0 Å². The Bertz CT molecular complexity index is 852. The first kappa shape index (κ1) is 18.8. The number of nitrogens with zero attached hydrogens (tertiary/aromatic N) is 1. The van der Waals surface area contributed by atoms with Gasteiger partial charge in [-0.15, -0.1) is 0 Å². The van der Waals surface area contributed by atoms with Gasteiger partial charge in [0, 0.05) is 5.69 Å². The smallest absolute Gasteiger partial charge is 0.325 e. The molecule has 1 N–H and O–H groups in total. The molecule has 0 heterocycles. The van der Waals surface area contributed by atoms with Gasteiger partial charge in [-0.05, 0) is 30.3 Å². The summed E-state index contributed by atoms with van der Waals surface area (Å²) in [5, 5.41) is 2.28. The van der Waals surface area contributed by atoms with E-state index in [1.54, 1.807) is 18.2 Å². The van der Waals surface area contributed by atoms with Crippen molar-refractivity contribution in [2.45, 2.75) is 6.18 Å². The van der Waals surface area contributed by atoms with Gasteiger partial charge in [-0.2, -0.15) is 13.2 Å². The molecule has 0 radical (unpaired) electrons. The maximum Gasteiger partial charge on any atom is 0.416 e. The van der Waals surface area contributed by atoms with Gasteiger partial charge in [-0.25, -0.2) is 8.42 Å². The van der Waals surface area contributed by atoms with Gasteiger partial charge in [-0.3, -0.25) is 9.10 Å². The average molecular weight is 372 g/mol. The summed E-state index contributed by atoms with van der Waals surface area (Å²) in [6.45, 7) is -0.556. The van der Waals surface area contributed by atoms with Gasteiger partial charge in [0.05, 0.1) is 17.5 Å². The van der Waals surface area contributed by atoms with Crippen molar-refractivity contribution in [3.05, 3.63) is 60.2 Å². The zero-order chi connectivity index (χ0) is 18.7. The molecule has 0 unspecified atom stereocenters. The Morgan fingerprint density at radius 1 is 1.08 bits per heavy atom. The number of hydrogen-bond acceptors (Lipinski definition) is 3. The molecule has 0 saturated carbocycles. The molecule has 0 bridgehead atoms. The van der Waals surface area contributed by atoms with Crippen LogP contribution in [0.25, 0.3) is 0 Å². The molecule has 0 aromatic heterocycles. The molecule has 2 rings (SSSR count). The molecule has 0 spiro atoms. The highest BCUT2D eigenvalue weighted by molar-refractivity contribution is 7.92. The summed E-state index contributed by atoms with van der Waals surface area (Å²) in [5.74, 6) is -0.756. The molecule has 5 nitrogen and oxygen atoms in total. The highest BCUT2D eigenvalue weighted by Crippen LogP contribution is 2.30. The molecular weight excluding hydrogens is 357 g/mol. The molecule has 9 heteroatoms. The highest BCUT2D eigenvalue weighted by Gasteiger charge is 2.30. The second-order valence-electron chi connectivity index (χ2n) is 5.23. The molecule has 2 aromatic rings. The number of benzene rings is 2. The Morgan fingerprint density at radius 3 is 2.28 bits per heavy atom. The molecular formula is C16H15F3N2O3S. The van der Waals surface area contributed by atoms with Crippen molar-refractivity contribution in [2.24, 2.45) is 0 Å².